The van der Waals surface area contributed by atoms with Crippen LogP contribution in [0.25, 0.3) is 0 Å². The Morgan fingerprint density at radius 3 is 2.31 bits per heavy atom. The lowest BCUT2D eigenvalue weighted by Crippen LogP contribution is -2.52. The van der Waals surface area contributed by atoms with Gasteiger partial charge in [0.2, 0.25) is 21.8 Å². The van der Waals surface area contributed by atoms with Gasteiger partial charge in [-0.3, -0.25) is 13.9 Å². The number of hydrogen-bond donors (Lipinski definition) is 1. The van der Waals surface area contributed by atoms with Gasteiger partial charge in [0.15, 0.2) is 0 Å². The van der Waals surface area contributed by atoms with Crippen molar-refractivity contribution in [1.82, 2.24) is 10.2 Å². The molecule has 2 aromatic rings. The third-order valence-electron chi connectivity index (χ3n) is 4.62. The quantitative estimate of drug-likeness (QED) is 0.542. The molecule has 0 saturated carbocycles. The van der Waals surface area contributed by atoms with Gasteiger partial charge in [-0.2, -0.15) is 0 Å². The first kappa shape index (κ1) is 25.8. The second kappa shape index (κ2) is 10.9. The smallest absolute Gasteiger partial charge is 0.244 e. The van der Waals surface area contributed by atoms with Crippen LogP contribution >= 0.6 is 15.9 Å². The molecule has 0 unspecified atom stereocenters. The second-order valence-electron chi connectivity index (χ2n) is 7.74. The summed E-state index contributed by atoms with van der Waals surface area (Å²) in [6.07, 6.45) is 0.943. The van der Waals surface area contributed by atoms with Gasteiger partial charge in [-0.05, 0) is 56.7 Å². The first-order valence-corrected chi connectivity index (χ1v) is 12.6. The van der Waals surface area contributed by atoms with Crippen LogP contribution in [0, 0.1) is 5.82 Å². The Hall–Kier alpha value is -2.46. The molecule has 0 aromatic heterocycles. The summed E-state index contributed by atoms with van der Waals surface area (Å²) in [5, 5.41) is 2.77. The molecule has 2 rings (SSSR count). The summed E-state index contributed by atoms with van der Waals surface area (Å²) in [6.45, 7) is 4.71. The number of amides is 2. The van der Waals surface area contributed by atoms with E-state index in [-0.39, 0.29) is 24.2 Å². The van der Waals surface area contributed by atoms with Crippen molar-refractivity contribution in [3.05, 3.63) is 64.4 Å². The maximum absolute atomic E-state index is 13.7. The number of sulfonamides is 1. The molecule has 0 heterocycles. The minimum Gasteiger partial charge on any atom is -0.352 e. The van der Waals surface area contributed by atoms with E-state index < -0.39 is 34.3 Å². The molecule has 0 bridgehead atoms. The summed E-state index contributed by atoms with van der Waals surface area (Å²) in [5.74, 6) is -1.58. The van der Waals surface area contributed by atoms with Crippen LogP contribution in [0.4, 0.5) is 10.1 Å². The predicted molar refractivity (Wildman–Crippen MR) is 126 cm³/mol. The Kier molecular flexibility index (Phi) is 8.80. The molecule has 0 radical (unpaired) electrons. The number of nitrogens with zero attached hydrogens (tertiary/aromatic N) is 2. The topological polar surface area (TPSA) is 86.8 Å². The number of carbonyl (C=O) groups excluding carboxylic acids is 2. The highest BCUT2D eigenvalue weighted by Gasteiger charge is 2.30. The number of halogens is 2. The minimum atomic E-state index is -3.90. The van der Waals surface area contributed by atoms with Gasteiger partial charge in [0.25, 0.3) is 0 Å². The molecule has 1 atom stereocenters. The highest BCUT2D eigenvalue weighted by atomic mass is 79.9. The molecule has 32 heavy (non-hydrogen) atoms. The molecule has 0 spiro atoms. The average Bonchev–Trinajstić information content (AvgIpc) is 2.68. The van der Waals surface area contributed by atoms with Crippen molar-refractivity contribution >= 4 is 43.5 Å². The van der Waals surface area contributed by atoms with Gasteiger partial charge in [-0.15, -0.1) is 0 Å². The zero-order chi connectivity index (χ0) is 24.1. The Balaban J connectivity index is 2.39. The fourth-order valence-corrected chi connectivity index (χ4v) is 4.35. The van der Waals surface area contributed by atoms with E-state index in [1.807, 2.05) is 12.1 Å². The summed E-state index contributed by atoms with van der Waals surface area (Å²) in [5.41, 5.74) is 0.788. The summed E-state index contributed by atoms with van der Waals surface area (Å²) in [4.78, 5) is 27.3. The molecular weight excluding hydrogens is 501 g/mol. The van der Waals surface area contributed by atoms with Crippen LogP contribution in [0.15, 0.2) is 53.0 Å². The number of nitrogens with one attached hydrogen (secondary N) is 1. The van der Waals surface area contributed by atoms with E-state index in [0.29, 0.717) is 0 Å². The van der Waals surface area contributed by atoms with Crippen molar-refractivity contribution < 1.29 is 22.4 Å². The van der Waals surface area contributed by atoms with E-state index >= 15 is 0 Å². The van der Waals surface area contributed by atoms with Crippen LogP contribution in [0.5, 0.6) is 0 Å². The lowest BCUT2D eigenvalue weighted by molar-refractivity contribution is -0.139. The van der Waals surface area contributed by atoms with Gasteiger partial charge in [0.1, 0.15) is 18.4 Å². The molecule has 0 aliphatic heterocycles. The fourth-order valence-electron chi connectivity index (χ4n) is 3.06. The zero-order valence-corrected chi connectivity index (χ0v) is 20.8. The fraction of sp³-hybridized carbons (Fsp3) is 0.364. The van der Waals surface area contributed by atoms with Crippen LogP contribution in [-0.4, -0.2) is 50.0 Å². The second-order valence-corrected chi connectivity index (χ2v) is 10.6. The Bertz CT molecular complexity index is 1080. The van der Waals surface area contributed by atoms with E-state index in [2.05, 4.69) is 21.2 Å². The molecule has 0 aliphatic carbocycles. The highest BCUT2D eigenvalue weighted by molar-refractivity contribution is 9.10. The van der Waals surface area contributed by atoms with Crippen LogP contribution in [0.1, 0.15) is 26.3 Å². The largest absolute Gasteiger partial charge is 0.352 e. The van der Waals surface area contributed by atoms with Crippen molar-refractivity contribution in [2.75, 3.05) is 17.1 Å². The standard InChI is InChI=1S/C22H27BrFN3O4S/c1-15(2)25-22(29)16(3)26(13-17-7-5-8-18(23)11-17)21(28)14-27(32(4,30)31)20-10-6-9-19(24)12-20/h5-12,15-16H,13-14H2,1-4H3,(H,25,29)/t16-/m1/s1. The summed E-state index contributed by atoms with van der Waals surface area (Å²) in [7, 11) is -3.90. The van der Waals surface area contributed by atoms with Crippen LogP contribution in [0.3, 0.4) is 0 Å². The Morgan fingerprint density at radius 1 is 1.09 bits per heavy atom. The number of rotatable bonds is 9. The first-order chi connectivity index (χ1) is 14.9. The molecule has 2 aromatic carbocycles. The molecule has 0 aliphatic rings. The number of carbonyl (C=O) groups is 2. The number of anilines is 1. The van der Waals surface area contributed by atoms with Crippen molar-refractivity contribution in [2.24, 2.45) is 0 Å². The molecule has 10 heteroatoms. The average molecular weight is 528 g/mol. The molecule has 2 amide bonds. The Morgan fingerprint density at radius 2 is 1.75 bits per heavy atom. The summed E-state index contributed by atoms with van der Waals surface area (Å²) < 4.78 is 40.2. The first-order valence-electron chi connectivity index (χ1n) is 9.96. The van der Waals surface area contributed by atoms with Crippen LogP contribution in [-0.2, 0) is 26.2 Å². The zero-order valence-electron chi connectivity index (χ0n) is 18.4. The van der Waals surface area contributed by atoms with Gasteiger partial charge < -0.3 is 10.2 Å². The van der Waals surface area contributed by atoms with Gasteiger partial charge in [0, 0.05) is 17.1 Å². The molecule has 7 nitrogen and oxygen atoms in total. The molecule has 0 saturated heterocycles. The number of benzene rings is 2. The molecule has 0 fully saturated rings. The highest BCUT2D eigenvalue weighted by Crippen LogP contribution is 2.20. The van der Waals surface area contributed by atoms with Crippen molar-refractivity contribution in [2.45, 2.75) is 39.4 Å². The van der Waals surface area contributed by atoms with Crippen molar-refractivity contribution in [3.63, 3.8) is 0 Å². The lowest BCUT2D eigenvalue weighted by atomic mass is 10.1. The van der Waals surface area contributed by atoms with Gasteiger partial charge >= 0.3 is 0 Å². The Labute approximate surface area is 196 Å². The lowest BCUT2D eigenvalue weighted by Gasteiger charge is -2.32. The van der Waals surface area contributed by atoms with Crippen LogP contribution < -0.4 is 9.62 Å². The molecule has 174 valence electrons. The number of hydrogen-bond acceptors (Lipinski definition) is 4. The SMILES string of the molecule is CC(C)NC(=O)[C@@H](C)N(Cc1cccc(Br)c1)C(=O)CN(c1cccc(F)c1)S(C)(=O)=O. The van der Waals surface area contributed by atoms with E-state index in [0.717, 1.165) is 26.7 Å². The molecule has 1 N–H and O–H groups in total. The van der Waals surface area contributed by atoms with Gasteiger partial charge in [0.05, 0.1) is 11.9 Å². The third-order valence-corrected chi connectivity index (χ3v) is 6.25. The van der Waals surface area contributed by atoms with E-state index in [1.165, 1.54) is 23.1 Å². The van der Waals surface area contributed by atoms with Crippen molar-refractivity contribution in [3.8, 4) is 0 Å². The third kappa shape index (κ3) is 7.30. The van der Waals surface area contributed by atoms with Gasteiger partial charge in [-0.1, -0.05) is 34.1 Å². The predicted octanol–water partition coefficient (Wildman–Crippen LogP) is 3.30. The monoisotopic (exact) mass is 527 g/mol. The maximum Gasteiger partial charge on any atom is 0.244 e. The maximum atomic E-state index is 13.7. The van der Waals surface area contributed by atoms with E-state index in [4.69, 9.17) is 0 Å². The van der Waals surface area contributed by atoms with E-state index in [1.54, 1.807) is 32.9 Å². The van der Waals surface area contributed by atoms with Crippen LogP contribution in [0.2, 0.25) is 0 Å². The summed E-state index contributed by atoms with van der Waals surface area (Å²) >= 11 is 3.39. The van der Waals surface area contributed by atoms with E-state index in [9.17, 15) is 22.4 Å². The normalized spacial score (nSPS) is 12.3. The minimum absolute atomic E-state index is 0.0301. The summed E-state index contributed by atoms with van der Waals surface area (Å²) in [6, 6.07) is 11.3. The van der Waals surface area contributed by atoms with Crippen molar-refractivity contribution in [1.29, 1.82) is 0 Å². The van der Waals surface area contributed by atoms with Gasteiger partial charge in [-0.25, -0.2) is 12.8 Å². The molecular formula is C22H27BrFN3O4S.